The quantitative estimate of drug-likeness (QED) is 0.697. The molecule has 4 heteroatoms. The van der Waals surface area contributed by atoms with E-state index in [-0.39, 0.29) is 24.0 Å². The number of hydrogen-bond donors (Lipinski definition) is 0. The molecule has 3 atom stereocenters. The topological polar surface area (TPSA) is 29.5 Å². The van der Waals surface area contributed by atoms with Crippen LogP contribution in [0, 0.1) is 5.92 Å². The van der Waals surface area contributed by atoms with E-state index >= 15 is 0 Å². The van der Waals surface area contributed by atoms with Crippen LogP contribution in [0.2, 0.25) is 0 Å². The lowest BCUT2D eigenvalue weighted by Crippen LogP contribution is -2.51. The number of halogens is 1. The number of nitrogens with zero attached hydrogens (tertiary/aromatic N) is 1. The molecule has 1 amide bonds. The Labute approximate surface area is 96.7 Å². The first-order valence-electron chi connectivity index (χ1n) is 5.58. The molecule has 3 nitrogen and oxygen atoms in total. The first-order valence-corrected chi connectivity index (χ1v) is 6.12. The van der Waals surface area contributed by atoms with E-state index in [1.54, 1.807) is 0 Å². The lowest BCUT2D eigenvalue weighted by atomic mass is 10.1. The standard InChI is InChI=1S/C11H20ClNO2/c1-4-8(2)11(14)13-6-9(3)15-10(5-12)7-13/h8-10H,4-7H2,1-3H3. The number of ether oxygens (including phenoxy) is 1. The molecule has 0 aromatic heterocycles. The summed E-state index contributed by atoms with van der Waals surface area (Å²) < 4.78 is 5.60. The van der Waals surface area contributed by atoms with E-state index in [9.17, 15) is 4.79 Å². The maximum atomic E-state index is 12.0. The number of carbonyl (C=O) groups excluding carboxylic acids is 1. The zero-order chi connectivity index (χ0) is 11.4. The van der Waals surface area contributed by atoms with E-state index in [4.69, 9.17) is 16.3 Å². The van der Waals surface area contributed by atoms with Crippen molar-refractivity contribution < 1.29 is 9.53 Å². The van der Waals surface area contributed by atoms with Gasteiger partial charge in [-0.3, -0.25) is 4.79 Å². The number of morpholine rings is 1. The second kappa shape index (κ2) is 5.71. The van der Waals surface area contributed by atoms with Gasteiger partial charge in [-0.05, 0) is 13.3 Å². The van der Waals surface area contributed by atoms with Crippen LogP contribution in [0.25, 0.3) is 0 Å². The summed E-state index contributed by atoms with van der Waals surface area (Å²) in [5, 5.41) is 0. The Kier molecular flexibility index (Phi) is 4.87. The van der Waals surface area contributed by atoms with Gasteiger partial charge in [-0.25, -0.2) is 0 Å². The average molecular weight is 234 g/mol. The molecule has 0 saturated carbocycles. The van der Waals surface area contributed by atoms with Crippen LogP contribution in [0.15, 0.2) is 0 Å². The van der Waals surface area contributed by atoms with Crippen molar-refractivity contribution in [1.29, 1.82) is 0 Å². The van der Waals surface area contributed by atoms with Gasteiger partial charge in [0.25, 0.3) is 0 Å². The molecule has 15 heavy (non-hydrogen) atoms. The molecule has 1 fully saturated rings. The van der Waals surface area contributed by atoms with Gasteiger partial charge in [0.1, 0.15) is 0 Å². The van der Waals surface area contributed by atoms with E-state index < -0.39 is 0 Å². The fourth-order valence-corrected chi connectivity index (χ4v) is 1.97. The summed E-state index contributed by atoms with van der Waals surface area (Å²) in [6.45, 7) is 7.31. The lowest BCUT2D eigenvalue weighted by Gasteiger charge is -2.37. The van der Waals surface area contributed by atoms with Crippen LogP contribution >= 0.6 is 11.6 Å². The molecule has 0 spiro atoms. The molecule has 1 aliphatic heterocycles. The van der Waals surface area contributed by atoms with E-state index in [2.05, 4.69) is 0 Å². The van der Waals surface area contributed by atoms with Gasteiger partial charge < -0.3 is 9.64 Å². The molecule has 0 bridgehead atoms. The highest BCUT2D eigenvalue weighted by atomic mass is 35.5. The van der Waals surface area contributed by atoms with Gasteiger partial charge >= 0.3 is 0 Å². The third-order valence-electron chi connectivity index (χ3n) is 2.84. The number of rotatable bonds is 3. The van der Waals surface area contributed by atoms with E-state index in [1.807, 2.05) is 25.7 Å². The minimum Gasteiger partial charge on any atom is -0.370 e. The Morgan fingerprint density at radius 3 is 2.80 bits per heavy atom. The van der Waals surface area contributed by atoms with Gasteiger partial charge in [0, 0.05) is 19.0 Å². The van der Waals surface area contributed by atoms with Gasteiger partial charge in [-0.1, -0.05) is 13.8 Å². The van der Waals surface area contributed by atoms with Crippen molar-refractivity contribution in [2.45, 2.75) is 39.4 Å². The van der Waals surface area contributed by atoms with Crippen molar-refractivity contribution in [3.8, 4) is 0 Å². The van der Waals surface area contributed by atoms with E-state index in [1.165, 1.54) is 0 Å². The van der Waals surface area contributed by atoms with Gasteiger partial charge in [0.15, 0.2) is 0 Å². The molecule has 3 unspecified atom stereocenters. The van der Waals surface area contributed by atoms with Crippen LogP contribution in [0.5, 0.6) is 0 Å². The maximum absolute atomic E-state index is 12.0. The predicted octanol–water partition coefficient (Wildman–Crippen LogP) is 1.89. The molecular formula is C11H20ClNO2. The zero-order valence-corrected chi connectivity index (χ0v) is 10.5. The average Bonchev–Trinajstić information content (AvgIpc) is 2.26. The van der Waals surface area contributed by atoms with Gasteiger partial charge in [0.05, 0.1) is 18.1 Å². The van der Waals surface area contributed by atoms with Gasteiger partial charge in [-0.2, -0.15) is 0 Å². The Balaban J connectivity index is 2.57. The lowest BCUT2D eigenvalue weighted by molar-refractivity contribution is -0.146. The van der Waals surface area contributed by atoms with Crippen LogP contribution in [0.3, 0.4) is 0 Å². The maximum Gasteiger partial charge on any atom is 0.225 e. The normalized spacial score (nSPS) is 28.9. The second-order valence-electron chi connectivity index (χ2n) is 4.28. The Morgan fingerprint density at radius 1 is 1.60 bits per heavy atom. The predicted molar refractivity (Wildman–Crippen MR) is 61.1 cm³/mol. The van der Waals surface area contributed by atoms with Crippen LogP contribution < -0.4 is 0 Å². The smallest absolute Gasteiger partial charge is 0.225 e. The number of hydrogen-bond acceptors (Lipinski definition) is 2. The largest absolute Gasteiger partial charge is 0.370 e. The summed E-state index contributed by atoms with van der Waals surface area (Å²) in [5.41, 5.74) is 0. The molecule has 0 N–H and O–H groups in total. The van der Waals surface area contributed by atoms with Crippen molar-refractivity contribution in [2.24, 2.45) is 5.92 Å². The summed E-state index contributed by atoms with van der Waals surface area (Å²) in [5.74, 6) is 0.781. The molecule has 1 aliphatic rings. The highest BCUT2D eigenvalue weighted by molar-refractivity contribution is 6.18. The molecule has 0 aliphatic carbocycles. The van der Waals surface area contributed by atoms with Crippen molar-refractivity contribution >= 4 is 17.5 Å². The highest BCUT2D eigenvalue weighted by Gasteiger charge is 2.29. The first-order chi connectivity index (χ1) is 7.08. The van der Waals surface area contributed by atoms with Crippen LogP contribution in [-0.2, 0) is 9.53 Å². The Bertz CT molecular complexity index is 223. The number of carbonyl (C=O) groups is 1. The second-order valence-corrected chi connectivity index (χ2v) is 4.58. The van der Waals surface area contributed by atoms with Crippen LogP contribution in [0.4, 0.5) is 0 Å². The molecule has 0 aromatic rings. The monoisotopic (exact) mass is 233 g/mol. The van der Waals surface area contributed by atoms with Crippen molar-refractivity contribution in [3.05, 3.63) is 0 Å². The minimum absolute atomic E-state index is 0.0107. The molecule has 0 aromatic carbocycles. The molecule has 1 heterocycles. The molecule has 0 radical (unpaired) electrons. The first kappa shape index (κ1) is 12.8. The van der Waals surface area contributed by atoms with E-state index in [0.717, 1.165) is 6.42 Å². The summed E-state index contributed by atoms with van der Waals surface area (Å²) in [6.07, 6.45) is 0.967. The van der Waals surface area contributed by atoms with Gasteiger partial charge in [-0.15, -0.1) is 11.6 Å². The Morgan fingerprint density at radius 2 is 2.27 bits per heavy atom. The van der Waals surface area contributed by atoms with Crippen LogP contribution in [0.1, 0.15) is 27.2 Å². The van der Waals surface area contributed by atoms with Crippen molar-refractivity contribution in [1.82, 2.24) is 4.90 Å². The van der Waals surface area contributed by atoms with Crippen molar-refractivity contribution in [2.75, 3.05) is 19.0 Å². The minimum atomic E-state index is -0.0107. The molecule has 1 rings (SSSR count). The van der Waals surface area contributed by atoms with Crippen LogP contribution in [-0.4, -0.2) is 42.0 Å². The summed E-state index contributed by atoms with van der Waals surface area (Å²) in [4.78, 5) is 13.8. The number of amides is 1. The molecule has 88 valence electrons. The molecular weight excluding hydrogens is 214 g/mol. The zero-order valence-electron chi connectivity index (χ0n) is 9.70. The third-order valence-corrected chi connectivity index (χ3v) is 3.19. The fourth-order valence-electron chi connectivity index (χ4n) is 1.80. The third kappa shape index (κ3) is 3.35. The van der Waals surface area contributed by atoms with Gasteiger partial charge in [0.2, 0.25) is 5.91 Å². The summed E-state index contributed by atoms with van der Waals surface area (Å²) >= 11 is 5.77. The number of alkyl halides is 1. The molecule has 1 saturated heterocycles. The highest BCUT2D eigenvalue weighted by Crippen LogP contribution is 2.16. The van der Waals surface area contributed by atoms with E-state index in [0.29, 0.717) is 19.0 Å². The summed E-state index contributed by atoms with van der Waals surface area (Å²) in [7, 11) is 0. The summed E-state index contributed by atoms with van der Waals surface area (Å²) in [6, 6.07) is 0. The fraction of sp³-hybridized carbons (Fsp3) is 0.909. The van der Waals surface area contributed by atoms with Crippen molar-refractivity contribution in [3.63, 3.8) is 0 Å². The SMILES string of the molecule is CCC(C)C(=O)N1CC(C)OC(CCl)C1. The Hall–Kier alpha value is -0.280.